The van der Waals surface area contributed by atoms with Gasteiger partial charge in [0.2, 0.25) is 0 Å². The second kappa shape index (κ2) is 9.60. The van der Waals surface area contributed by atoms with Crippen LogP contribution in [0.3, 0.4) is 0 Å². The summed E-state index contributed by atoms with van der Waals surface area (Å²) in [5.41, 5.74) is 2.53. The highest BCUT2D eigenvalue weighted by molar-refractivity contribution is 6.46. The SMILES string of the molecule is CCCOc1cccc(/C(O)=C2\C(=O)C(=O)N(C3CCCCC3)C2c2ccccc2C)c1. The van der Waals surface area contributed by atoms with E-state index in [4.69, 9.17) is 4.74 Å². The fourth-order valence-electron chi connectivity index (χ4n) is 4.89. The fourth-order valence-corrected chi connectivity index (χ4v) is 4.89. The first kappa shape index (κ1) is 22.1. The van der Waals surface area contributed by atoms with Crippen LogP contribution in [0.2, 0.25) is 0 Å². The maximum atomic E-state index is 13.3. The Morgan fingerprint density at radius 1 is 1.06 bits per heavy atom. The molecule has 1 saturated heterocycles. The van der Waals surface area contributed by atoms with Crippen molar-refractivity contribution >= 4 is 17.4 Å². The Kier molecular flexibility index (Phi) is 6.63. The van der Waals surface area contributed by atoms with E-state index in [1.54, 1.807) is 23.1 Å². The Morgan fingerprint density at radius 2 is 1.81 bits per heavy atom. The second-order valence-electron chi connectivity index (χ2n) is 8.73. The quantitative estimate of drug-likeness (QED) is 0.369. The Balaban J connectivity index is 1.84. The first-order valence-corrected chi connectivity index (χ1v) is 11.6. The third kappa shape index (κ3) is 4.16. The summed E-state index contributed by atoms with van der Waals surface area (Å²) in [6.45, 7) is 4.58. The number of Topliss-reactive ketones (excluding diaryl/α,β-unsaturated/α-hetero) is 1. The molecule has 5 heteroatoms. The summed E-state index contributed by atoms with van der Waals surface area (Å²) in [6, 6.07) is 14.3. The molecule has 1 amide bonds. The molecule has 168 valence electrons. The summed E-state index contributed by atoms with van der Waals surface area (Å²) in [7, 11) is 0. The van der Waals surface area contributed by atoms with E-state index in [0.717, 1.165) is 49.7 Å². The molecule has 0 aromatic heterocycles. The number of amides is 1. The van der Waals surface area contributed by atoms with Gasteiger partial charge >= 0.3 is 0 Å². The number of rotatable bonds is 6. The lowest BCUT2D eigenvalue weighted by Gasteiger charge is -2.36. The lowest BCUT2D eigenvalue weighted by atomic mass is 9.89. The zero-order valence-corrected chi connectivity index (χ0v) is 18.8. The Hall–Kier alpha value is -3.08. The zero-order valence-electron chi connectivity index (χ0n) is 18.8. The molecule has 1 atom stereocenters. The minimum Gasteiger partial charge on any atom is -0.507 e. The molecule has 1 aliphatic carbocycles. The Labute approximate surface area is 189 Å². The van der Waals surface area contributed by atoms with Crippen LogP contribution in [0.25, 0.3) is 5.76 Å². The summed E-state index contributed by atoms with van der Waals surface area (Å²) in [5.74, 6) is -0.631. The number of carbonyl (C=O) groups is 2. The van der Waals surface area contributed by atoms with Gasteiger partial charge in [0, 0.05) is 11.6 Å². The average molecular weight is 434 g/mol. The van der Waals surface area contributed by atoms with Gasteiger partial charge in [0.05, 0.1) is 18.2 Å². The number of aryl methyl sites for hydroxylation is 1. The number of nitrogens with zero attached hydrogens (tertiary/aromatic N) is 1. The summed E-state index contributed by atoms with van der Waals surface area (Å²) in [6.07, 6.45) is 5.89. The van der Waals surface area contributed by atoms with E-state index in [1.165, 1.54) is 0 Å². The van der Waals surface area contributed by atoms with Gasteiger partial charge < -0.3 is 14.7 Å². The van der Waals surface area contributed by atoms with Gasteiger partial charge in [-0.15, -0.1) is 0 Å². The second-order valence-corrected chi connectivity index (χ2v) is 8.73. The minimum absolute atomic E-state index is 0.00864. The molecule has 2 aliphatic rings. The van der Waals surface area contributed by atoms with Gasteiger partial charge in [-0.05, 0) is 49.4 Å². The zero-order chi connectivity index (χ0) is 22.7. The number of ether oxygens (including phenoxy) is 1. The molecule has 2 fully saturated rings. The smallest absolute Gasteiger partial charge is 0.295 e. The van der Waals surface area contributed by atoms with Crippen LogP contribution in [0.15, 0.2) is 54.1 Å². The molecule has 0 spiro atoms. The molecule has 2 aromatic rings. The van der Waals surface area contributed by atoms with E-state index in [9.17, 15) is 14.7 Å². The van der Waals surface area contributed by atoms with Crippen molar-refractivity contribution in [2.75, 3.05) is 6.61 Å². The van der Waals surface area contributed by atoms with Crippen LogP contribution in [-0.4, -0.2) is 34.3 Å². The molecule has 5 nitrogen and oxygen atoms in total. The molecule has 4 rings (SSSR count). The van der Waals surface area contributed by atoms with Crippen molar-refractivity contribution in [3.63, 3.8) is 0 Å². The number of ketones is 1. The highest BCUT2D eigenvalue weighted by atomic mass is 16.5. The largest absolute Gasteiger partial charge is 0.507 e. The van der Waals surface area contributed by atoms with Crippen LogP contribution in [0.5, 0.6) is 5.75 Å². The number of hydrogen-bond donors (Lipinski definition) is 1. The standard InChI is InChI=1S/C27H31NO4/c1-3-16-32-21-14-9-11-19(17-21)25(29)23-24(22-15-8-7-10-18(22)2)28(27(31)26(23)30)20-12-5-4-6-13-20/h7-11,14-15,17,20,24,29H,3-6,12-13,16H2,1-2H3/b25-23+. The lowest BCUT2D eigenvalue weighted by Crippen LogP contribution is -2.40. The van der Waals surface area contributed by atoms with Crippen LogP contribution in [-0.2, 0) is 9.59 Å². The topological polar surface area (TPSA) is 66.8 Å². The number of hydrogen-bond acceptors (Lipinski definition) is 4. The normalized spacial score (nSPS) is 21.2. The molecule has 1 N–H and O–H groups in total. The van der Waals surface area contributed by atoms with E-state index < -0.39 is 17.7 Å². The average Bonchev–Trinajstić information content (AvgIpc) is 3.08. The predicted octanol–water partition coefficient (Wildman–Crippen LogP) is 5.54. The highest BCUT2D eigenvalue weighted by Crippen LogP contribution is 2.44. The summed E-state index contributed by atoms with van der Waals surface area (Å²) < 4.78 is 5.71. The van der Waals surface area contributed by atoms with Crippen molar-refractivity contribution in [3.05, 3.63) is 70.8 Å². The molecule has 1 aliphatic heterocycles. The lowest BCUT2D eigenvalue weighted by molar-refractivity contribution is -0.141. The third-order valence-electron chi connectivity index (χ3n) is 6.51. The number of likely N-dealkylation sites (tertiary alicyclic amines) is 1. The fraction of sp³-hybridized carbons (Fsp3) is 0.407. The monoisotopic (exact) mass is 433 g/mol. The van der Waals surface area contributed by atoms with E-state index >= 15 is 0 Å². The van der Waals surface area contributed by atoms with Crippen LogP contribution < -0.4 is 4.74 Å². The maximum Gasteiger partial charge on any atom is 0.295 e. The Morgan fingerprint density at radius 3 is 2.53 bits per heavy atom. The van der Waals surface area contributed by atoms with Crippen LogP contribution >= 0.6 is 0 Å². The van der Waals surface area contributed by atoms with Crippen molar-refractivity contribution in [2.24, 2.45) is 0 Å². The van der Waals surface area contributed by atoms with Crippen LogP contribution in [0.1, 0.15) is 68.2 Å². The summed E-state index contributed by atoms with van der Waals surface area (Å²) in [4.78, 5) is 28.3. The van der Waals surface area contributed by atoms with Crippen molar-refractivity contribution in [3.8, 4) is 5.75 Å². The van der Waals surface area contributed by atoms with Gasteiger partial charge in [0.15, 0.2) is 0 Å². The van der Waals surface area contributed by atoms with E-state index in [1.807, 2.05) is 44.2 Å². The molecule has 0 radical (unpaired) electrons. The molecule has 2 aromatic carbocycles. The summed E-state index contributed by atoms with van der Waals surface area (Å²) in [5, 5.41) is 11.3. The van der Waals surface area contributed by atoms with Gasteiger partial charge in [0.1, 0.15) is 11.5 Å². The molecule has 32 heavy (non-hydrogen) atoms. The van der Waals surface area contributed by atoms with Crippen LogP contribution in [0, 0.1) is 6.92 Å². The maximum absolute atomic E-state index is 13.3. The van der Waals surface area contributed by atoms with Gasteiger partial charge in [-0.1, -0.05) is 62.6 Å². The number of benzene rings is 2. The van der Waals surface area contributed by atoms with Crippen molar-refractivity contribution in [1.29, 1.82) is 0 Å². The van der Waals surface area contributed by atoms with Crippen LogP contribution in [0.4, 0.5) is 0 Å². The van der Waals surface area contributed by atoms with Crippen molar-refractivity contribution < 1.29 is 19.4 Å². The van der Waals surface area contributed by atoms with Gasteiger partial charge in [-0.25, -0.2) is 0 Å². The molecular weight excluding hydrogens is 402 g/mol. The third-order valence-corrected chi connectivity index (χ3v) is 6.51. The number of aliphatic hydroxyl groups excluding tert-OH is 1. The van der Waals surface area contributed by atoms with Crippen molar-refractivity contribution in [2.45, 2.75) is 64.5 Å². The van der Waals surface area contributed by atoms with E-state index in [2.05, 4.69) is 0 Å². The number of carbonyl (C=O) groups excluding carboxylic acids is 2. The van der Waals surface area contributed by atoms with E-state index in [-0.39, 0.29) is 17.4 Å². The van der Waals surface area contributed by atoms with Gasteiger partial charge in [0.25, 0.3) is 11.7 Å². The van der Waals surface area contributed by atoms with Gasteiger partial charge in [-0.2, -0.15) is 0 Å². The molecule has 0 bridgehead atoms. The van der Waals surface area contributed by atoms with Crippen molar-refractivity contribution in [1.82, 2.24) is 4.90 Å². The highest BCUT2D eigenvalue weighted by Gasteiger charge is 2.49. The molecule has 1 heterocycles. The molecule has 1 saturated carbocycles. The Bertz CT molecular complexity index is 1040. The predicted molar refractivity (Wildman–Crippen MR) is 124 cm³/mol. The molecule has 1 unspecified atom stereocenters. The number of aliphatic hydroxyl groups is 1. The van der Waals surface area contributed by atoms with E-state index in [0.29, 0.717) is 17.9 Å². The summed E-state index contributed by atoms with van der Waals surface area (Å²) >= 11 is 0. The first-order chi connectivity index (χ1) is 15.5. The first-order valence-electron chi connectivity index (χ1n) is 11.6. The minimum atomic E-state index is -0.610. The van der Waals surface area contributed by atoms with Gasteiger partial charge in [-0.3, -0.25) is 9.59 Å². The molecular formula is C27H31NO4.